The zero-order chi connectivity index (χ0) is 16.7. The third-order valence-electron chi connectivity index (χ3n) is 5.72. The van der Waals surface area contributed by atoms with Crippen molar-refractivity contribution in [1.82, 2.24) is 9.80 Å². The van der Waals surface area contributed by atoms with Gasteiger partial charge in [0.05, 0.1) is 0 Å². The summed E-state index contributed by atoms with van der Waals surface area (Å²) in [7, 11) is 0. The van der Waals surface area contributed by atoms with Gasteiger partial charge >= 0.3 is 0 Å². The van der Waals surface area contributed by atoms with Crippen LogP contribution in [0.25, 0.3) is 0 Å². The van der Waals surface area contributed by atoms with E-state index in [0.29, 0.717) is 23.9 Å². The molecule has 0 radical (unpaired) electrons. The fraction of sp³-hybridized carbons (Fsp3) is 0.579. The molecule has 0 aromatic heterocycles. The zero-order valence-corrected chi connectivity index (χ0v) is 13.9. The van der Waals surface area contributed by atoms with Gasteiger partial charge in [-0.15, -0.1) is 0 Å². The number of piperidine rings is 2. The van der Waals surface area contributed by atoms with Crippen LogP contribution in [0.2, 0.25) is 0 Å². The lowest BCUT2D eigenvalue weighted by Crippen LogP contribution is -2.55. The number of hydrogen-bond acceptors (Lipinski definition) is 3. The number of rotatable bonds is 2. The Kier molecular flexibility index (Phi) is 3.74. The number of hydrogen-bond donors (Lipinski definition) is 1. The highest BCUT2D eigenvalue weighted by Crippen LogP contribution is 2.42. The molecule has 3 aliphatic rings. The lowest BCUT2D eigenvalue weighted by molar-refractivity contribution is -0.139. The molecule has 4 rings (SSSR count). The van der Waals surface area contributed by atoms with Crippen molar-refractivity contribution in [3.8, 4) is 5.75 Å². The van der Waals surface area contributed by atoms with Crippen LogP contribution in [-0.4, -0.2) is 52.4 Å². The molecule has 3 fully saturated rings. The Balaban J connectivity index is 1.51. The van der Waals surface area contributed by atoms with E-state index in [-0.39, 0.29) is 17.1 Å². The van der Waals surface area contributed by atoms with E-state index in [4.69, 9.17) is 0 Å². The molecule has 1 atom stereocenters. The summed E-state index contributed by atoms with van der Waals surface area (Å²) < 4.78 is 0. The van der Waals surface area contributed by atoms with Crippen LogP contribution in [0.15, 0.2) is 24.3 Å². The number of likely N-dealkylation sites (tertiary alicyclic amines) is 2. The van der Waals surface area contributed by atoms with Crippen molar-refractivity contribution < 1.29 is 14.7 Å². The molecule has 2 amide bonds. The molecule has 24 heavy (non-hydrogen) atoms. The fourth-order valence-corrected chi connectivity index (χ4v) is 4.30. The van der Waals surface area contributed by atoms with Gasteiger partial charge in [0.15, 0.2) is 0 Å². The molecule has 128 valence electrons. The van der Waals surface area contributed by atoms with Crippen LogP contribution in [0.5, 0.6) is 5.75 Å². The summed E-state index contributed by atoms with van der Waals surface area (Å²) >= 11 is 0. The van der Waals surface area contributed by atoms with Gasteiger partial charge in [0, 0.05) is 43.1 Å². The topological polar surface area (TPSA) is 60.9 Å². The van der Waals surface area contributed by atoms with Gasteiger partial charge in [0.2, 0.25) is 5.91 Å². The summed E-state index contributed by atoms with van der Waals surface area (Å²) in [5.41, 5.74) is 0.597. The van der Waals surface area contributed by atoms with Crippen LogP contribution in [0.3, 0.4) is 0 Å². The molecule has 1 aromatic carbocycles. The molecule has 5 heteroatoms. The molecule has 0 bridgehead atoms. The normalized spacial score (nSPS) is 27.6. The van der Waals surface area contributed by atoms with Crippen LogP contribution in [0, 0.1) is 5.41 Å². The molecular weight excluding hydrogens is 304 g/mol. The predicted molar refractivity (Wildman–Crippen MR) is 89.6 cm³/mol. The maximum absolute atomic E-state index is 12.8. The van der Waals surface area contributed by atoms with E-state index in [1.807, 2.05) is 4.90 Å². The number of amides is 2. The minimum atomic E-state index is -0.0140. The van der Waals surface area contributed by atoms with Gasteiger partial charge in [-0.05, 0) is 50.3 Å². The number of nitrogens with zero attached hydrogens (tertiary/aromatic N) is 2. The highest BCUT2D eigenvalue weighted by atomic mass is 16.3. The Bertz CT molecular complexity index is 670. The van der Waals surface area contributed by atoms with E-state index >= 15 is 0 Å². The number of carbonyl (C=O) groups excluding carboxylic acids is 2. The number of phenolic OH excluding ortho intramolecular Hbond substituents is 1. The van der Waals surface area contributed by atoms with E-state index < -0.39 is 0 Å². The zero-order valence-electron chi connectivity index (χ0n) is 13.9. The Morgan fingerprint density at radius 1 is 1.21 bits per heavy atom. The van der Waals surface area contributed by atoms with Crippen molar-refractivity contribution in [2.75, 3.05) is 19.6 Å². The van der Waals surface area contributed by atoms with Gasteiger partial charge in [0.25, 0.3) is 5.91 Å². The van der Waals surface area contributed by atoms with Crippen molar-refractivity contribution in [3.05, 3.63) is 29.8 Å². The van der Waals surface area contributed by atoms with Crippen molar-refractivity contribution in [1.29, 1.82) is 0 Å². The van der Waals surface area contributed by atoms with E-state index in [0.717, 1.165) is 51.7 Å². The second-order valence-corrected chi connectivity index (χ2v) is 7.63. The van der Waals surface area contributed by atoms with E-state index in [2.05, 4.69) is 4.90 Å². The SMILES string of the molecule is O=C(c1cccc(O)c1)N1CCC[C@]2(CCC(=O)N(C3CC3)C2)C1. The van der Waals surface area contributed by atoms with E-state index in [1.54, 1.807) is 18.2 Å². The van der Waals surface area contributed by atoms with Gasteiger partial charge in [-0.1, -0.05) is 6.07 Å². The Morgan fingerprint density at radius 3 is 2.79 bits per heavy atom. The average molecular weight is 328 g/mol. The van der Waals surface area contributed by atoms with Crippen molar-refractivity contribution in [2.45, 2.75) is 44.6 Å². The number of benzene rings is 1. The standard InChI is InChI=1S/C19H24N2O3/c22-16-4-1-3-14(11-16)18(24)20-10-2-8-19(12-20)9-7-17(23)21(13-19)15-5-6-15/h1,3-4,11,15,22H,2,5-10,12-13H2/t19-/m0/s1. The lowest BCUT2D eigenvalue weighted by Gasteiger charge is -2.48. The summed E-state index contributed by atoms with van der Waals surface area (Å²) in [5.74, 6) is 0.398. The van der Waals surface area contributed by atoms with Crippen LogP contribution >= 0.6 is 0 Å². The highest BCUT2D eigenvalue weighted by Gasteiger charge is 2.46. The van der Waals surface area contributed by atoms with Gasteiger partial charge in [0.1, 0.15) is 5.75 Å². The summed E-state index contributed by atoms with van der Waals surface area (Å²) in [6, 6.07) is 7.02. The molecule has 1 N–H and O–H groups in total. The van der Waals surface area contributed by atoms with Gasteiger partial charge in [-0.2, -0.15) is 0 Å². The van der Waals surface area contributed by atoms with Crippen LogP contribution in [0.1, 0.15) is 48.9 Å². The second-order valence-electron chi connectivity index (χ2n) is 7.63. The first-order chi connectivity index (χ1) is 11.6. The summed E-state index contributed by atoms with van der Waals surface area (Å²) in [5, 5.41) is 9.62. The van der Waals surface area contributed by atoms with Crippen LogP contribution in [0.4, 0.5) is 0 Å². The lowest BCUT2D eigenvalue weighted by atomic mass is 9.73. The van der Waals surface area contributed by atoms with Gasteiger partial charge in [-0.25, -0.2) is 0 Å². The van der Waals surface area contributed by atoms with Crippen molar-refractivity contribution in [2.24, 2.45) is 5.41 Å². The number of carbonyl (C=O) groups is 2. The summed E-state index contributed by atoms with van der Waals surface area (Å²) in [6.07, 6.45) is 5.84. The Hall–Kier alpha value is -2.04. The summed E-state index contributed by atoms with van der Waals surface area (Å²) in [4.78, 5) is 29.0. The van der Waals surface area contributed by atoms with E-state index in [9.17, 15) is 14.7 Å². The quantitative estimate of drug-likeness (QED) is 0.907. The second kappa shape index (κ2) is 5.80. The van der Waals surface area contributed by atoms with Crippen molar-refractivity contribution >= 4 is 11.8 Å². The Morgan fingerprint density at radius 2 is 2.04 bits per heavy atom. The minimum Gasteiger partial charge on any atom is -0.508 e. The number of phenols is 1. The van der Waals surface area contributed by atoms with Gasteiger partial charge < -0.3 is 14.9 Å². The monoisotopic (exact) mass is 328 g/mol. The molecule has 0 unspecified atom stereocenters. The Labute approximate surface area is 142 Å². The molecule has 5 nitrogen and oxygen atoms in total. The number of aromatic hydroxyl groups is 1. The largest absolute Gasteiger partial charge is 0.508 e. The smallest absolute Gasteiger partial charge is 0.254 e. The molecule has 2 heterocycles. The van der Waals surface area contributed by atoms with Gasteiger partial charge in [-0.3, -0.25) is 9.59 Å². The van der Waals surface area contributed by atoms with E-state index in [1.165, 1.54) is 6.07 Å². The molecule has 1 aliphatic carbocycles. The first kappa shape index (κ1) is 15.5. The van der Waals surface area contributed by atoms with Crippen molar-refractivity contribution in [3.63, 3.8) is 0 Å². The third kappa shape index (κ3) is 2.87. The predicted octanol–water partition coefficient (Wildman–Crippen LogP) is 2.40. The highest BCUT2D eigenvalue weighted by molar-refractivity contribution is 5.94. The third-order valence-corrected chi connectivity index (χ3v) is 5.72. The average Bonchev–Trinajstić information content (AvgIpc) is 3.42. The van der Waals surface area contributed by atoms with Crippen LogP contribution < -0.4 is 0 Å². The first-order valence-electron chi connectivity index (χ1n) is 8.94. The maximum atomic E-state index is 12.8. The molecule has 2 aliphatic heterocycles. The van der Waals surface area contributed by atoms with Crippen LogP contribution in [-0.2, 0) is 4.79 Å². The first-order valence-corrected chi connectivity index (χ1v) is 8.94. The molecule has 1 saturated carbocycles. The summed E-state index contributed by atoms with van der Waals surface area (Å²) in [6.45, 7) is 2.28. The molecule has 1 aromatic rings. The molecular formula is C19H24N2O3. The fourth-order valence-electron chi connectivity index (χ4n) is 4.30. The minimum absolute atomic E-state index is 0.0140. The maximum Gasteiger partial charge on any atom is 0.254 e. The molecule has 1 spiro atoms. The molecule has 2 saturated heterocycles.